The number of piperazine rings is 1. The zero-order chi connectivity index (χ0) is 18.4. The van der Waals surface area contributed by atoms with Gasteiger partial charge in [0.25, 0.3) is 0 Å². The second-order valence-corrected chi connectivity index (χ2v) is 7.02. The minimum absolute atomic E-state index is 0.0860. The molecule has 2 unspecified atom stereocenters. The third kappa shape index (κ3) is 4.94. The highest BCUT2D eigenvalue weighted by Gasteiger charge is 2.29. The van der Waals surface area contributed by atoms with Gasteiger partial charge in [0.15, 0.2) is 0 Å². The molecule has 0 radical (unpaired) electrons. The summed E-state index contributed by atoms with van der Waals surface area (Å²) in [4.78, 5) is 18.8. The van der Waals surface area contributed by atoms with Crippen molar-refractivity contribution in [2.45, 2.75) is 32.4 Å². The normalized spacial score (nSPS) is 18.4. The maximum Gasteiger partial charge on any atom is 0.239 e. The lowest BCUT2D eigenvalue weighted by Crippen LogP contribution is -2.54. The molecule has 1 heterocycles. The van der Waals surface area contributed by atoms with E-state index in [2.05, 4.69) is 28.9 Å². The van der Waals surface area contributed by atoms with Crippen LogP contribution >= 0.6 is 11.6 Å². The van der Waals surface area contributed by atoms with Crippen molar-refractivity contribution in [2.24, 2.45) is 0 Å². The number of hydrogen-bond donors (Lipinski definition) is 0. The van der Waals surface area contributed by atoms with E-state index in [1.54, 1.807) is 11.9 Å². The van der Waals surface area contributed by atoms with Crippen LogP contribution in [-0.2, 0) is 4.79 Å². The summed E-state index contributed by atoms with van der Waals surface area (Å²) >= 11 is 6.33. The lowest BCUT2D eigenvalue weighted by atomic mass is 10.1. The zero-order valence-corrected chi connectivity index (χ0v) is 16.0. The maximum atomic E-state index is 12.5. The van der Waals surface area contributed by atoms with Crippen LogP contribution in [-0.4, -0.2) is 66.4 Å². The van der Waals surface area contributed by atoms with Gasteiger partial charge in [-0.3, -0.25) is 14.6 Å². The van der Waals surface area contributed by atoms with Gasteiger partial charge >= 0.3 is 0 Å². The maximum absolute atomic E-state index is 12.5. The fourth-order valence-electron chi connectivity index (χ4n) is 3.33. The summed E-state index contributed by atoms with van der Waals surface area (Å²) in [5.74, 6) is 0.0860. The Bertz CT molecular complexity index is 622. The number of rotatable bonds is 6. The Morgan fingerprint density at radius 3 is 2.44 bits per heavy atom. The second-order valence-electron chi connectivity index (χ2n) is 6.61. The number of likely N-dealkylation sites (N-methyl/N-ethyl adjacent to an activating group) is 1. The van der Waals surface area contributed by atoms with Gasteiger partial charge in [-0.1, -0.05) is 29.8 Å². The number of hydrogen-bond acceptors (Lipinski definition) is 4. The van der Waals surface area contributed by atoms with E-state index in [9.17, 15) is 4.79 Å². The highest BCUT2D eigenvalue weighted by Crippen LogP contribution is 2.28. The van der Waals surface area contributed by atoms with Gasteiger partial charge in [-0.2, -0.15) is 5.26 Å². The molecule has 2 atom stereocenters. The van der Waals surface area contributed by atoms with Crippen LogP contribution in [0.4, 0.5) is 0 Å². The summed E-state index contributed by atoms with van der Waals surface area (Å²) in [6, 6.07) is 10.2. The lowest BCUT2D eigenvalue weighted by Gasteiger charge is -2.41. The molecule has 136 valence electrons. The molecule has 5 nitrogen and oxygen atoms in total. The molecule has 0 aromatic heterocycles. The van der Waals surface area contributed by atoms with Gasteiger partial charge in [-0.15, -0.1) is 0 Å². The monoisotopic (exact) mass is 362 g/mol. The molecule has 25 heavy (non-hydrogen) atoms. The third-order valence-corrected chi connectivity index (χ3v) is 5.44. The molecular formula is C19H27ClN4O. The molecule has 1 aromatic rings. The molecule has 2 rings (SSSR count). The molecule has 1 saturated heterocycles. The van der Waals surface area contributed by atoms with Gasteiger partial charge in [0.1, 0.15) is 0 Å². The fourth-order valence-corrected chi connectivity index (χ4v) is 3.62. The molecule has 0 spiro atoms. The molecule has 1 aliphatic heterocycles. The average molecular weight is 363 g/mol. The van der Waals surface area contributed by atoms with Crippen LogP contribution in [0, 0.1) is 11.3 Å². The molecule has 0 N–H and O–H groups in total. The van der Waals surface area contributed by atoms with Gasteiger partial charge in [-0.05, 0) is 25.5 Å². The predicted molar refractivity (Wildman–Crippen MR) is 100 cm³/mol. The second kappa shape index (κ2) is 9.19. The van der Waals surface area contributed by atoms with Crippen molar-refractivity contribution in [3.8, 4) is 6.07 Å². The van der Waals surface area contributed by atoms with Crippen molar-refractivity contribution >= 4 is 17.5 Å². The zero-order valence-electron chi connectivity index (χ0n) is 15.3. The van der Waals surface area contributed by atoms with E-state index in [1.165, 1.54) is 0 Å². The first-order chi connectivity index (χ1) is 12.0. The van der Waals surface area contributed by atoms with Gasteiger partial charge < -0.3 is 4.90 Å². The average Bonchev–Trinajstić information content (AvgIpc) is 2.64. The predicted octanol–water partition coefficient (Wildman–Crippen LogP) is 2.78. The Morgan fingerprint density at radius 1 is 1.24 bits per heavy atom. The number of halogens is 1. The quantitative estimate of drug-likeness (QED) is 0.780. The summed E-state index contributed by atoms with van der Waals surface area (Å²) in [5, 5.41) is 9.47. The highest BCUT2D eigenvalue weighted by atomic mass is 35.5. The van der Waals surface area contributed by atoms with E-state index in [4.69, 9.17) is 16.9 Å². The summed E-state index contributed by atoms with van der Waals surface area (Å²) in [7, 11) is 1.77. The number of carbonyl (C=O) groups is 1. The molecule has 0 bridgehead atoms. The molecule has 1 aliphatic rings. The first kappa shape index (κ1) is 19.7. The van der Waals surface area contributed by atoms with Crippen LogP contribution in [0.3, 0.4) is 0 Å². The SMILES string of the molecule is CC(C(=O)N(C)CCC#N)N1CCN(C(C)c2ccccc2Cl)CC1. The van der Waals surface area contributed by atoms with Gasteiger partial charge in [-0.25, -0.2) is 0 Å². The van der Waals surface area contributed by atoms with E-state index in [0.717, 1.165) is 36.8 Å². The van der Waals surface area contributed by atoms with Crippen molar-refractivity contribution in [1.82, 2.24) is 14.7 Å². The molecule has 1 aromatic carbocycles. The van der Waals surface area contributed by atoms with Crippen LogP contribution < -0.4 is 0 Å². The summed E-state index contributed by atoms with van der Waals surface area (Å²) in [5.41, 5.74) is 1.15. The van der Waals surface area contributed by atoms with Crippen LogP contribution in [0.1, 0.15) is 31.9 Å². The highest BCUT2D eigenvalue weighted by molar-refractivity contribution is 6.31. The number of amides is 1. The molecule has 1 fully saturated rings. The first-order valence-electron chi connectivity index (χ1n) is 8.80. The Morgan fingerprint density at radius 2 is 1.84 bits per heavy atom. The topological polar surface area (TPSA) is 50.6 Å². The van der Waals surface area contributed by atoms with Gasteiger partial charge in [0, 0.05) is 50.8 Å². The van der Waals surface area contributed by atoms with Crippen molar-refractivity contribution in [3.63, 3.8) is 0 Å². The molecule has 6 heteroatoms. The van der Waals surface area contributed by atoms with E-state index >= 15 is 0 Å². The Balaban J connectivity index is 1.89. The number of carbonyl (C=O) groups excluding carboxylic acids is 1. The van der Waals surface area contributed by atoms with E-state index in [0.29, 0.717) is 13.0 Å². The Hall–Kier alpha value is -1.61. The standard InChI is InChI=1S/C19H27ClN4O/c1-15(17-7-4-5-8-18(17)20)23-11-13-24(14-12-23)16(2)19(25)22(3)10-6-9-21/h4-5,7-8,15-16H,6,10-14H2,1-3H3. The largest absolute Gasteiger partial charge is 0.343 e. The van der Waals surface area contributed by atoms with Crippen LogP contribution in [0.25, 0.3) is 0 Å². The fraction of sp³-hybridized carbons (Fsp3) is 0.579. The first-order valence-corrected chi connectivity index (χ1v) is 9.18. The van der Waals surface area contributed by atoms with Gasteiger partial charge in [0.2, 0.25) is 5.91 Å². The van der Waals surface area contributed by atoms with Gasteiger partial charge in [0.05, 0.1) is 18.5 Å². The van der Waals surface area contributed by atoms with E-state index < -0.39 is 0 Å². The molecule has 0 saturated carbocycles. The number of benzene rings is 1. The Labute approximate surface area is 155 Å². The van der Waals surface area contributed by atoms with E-state index in [-0.39, 0.29) is 18.0 Å². The summed E-state index contributed by atoms with van der Waals surface area (Å²) in [6.45, 7) is 8.15. The smallest absolute Gasteiger partial charge is 0.239 e. The minimum atomic E-state index is -0.151. The minimum Gasteiger partial charge on any atom is -0.343 e. The molecular weight excluding hydrogens is 336 g/mol. The number of nitriles is 1. The van der Waals surface area contributed by atoms with Crippen LogP contribution in [0.2, 0.25) is 5.02 Å². The van der Waals surface area contributed by atoms with Crippen LogP contribution in [0.15, 0.2) is 24.3 Å². The van der Waals surface area contributed by atoms with E-state index in [1.807, 2.05) is 25.1 Å². The van der Waals surface area contributed by atoms with Crippen LogP contribution in [0.5, 0.6) is 0 Å². The summed E-state index contributed by atoms with van der Waals surface area (Å²) in [6.07, 6.45) is 0.373. The molecule has 1 amide bonds. The van der Waals surface area contributed by atoms with Crippen molar-refractivity contribution in [2.75, 3.05) is 39.8 Å². The number of nitrogens with zero attached hydrogens (tertiary/aromatic N) is 4. The molecule has 0 aliphatic carbocycles. The summed E-state index contributed by atoms with van der Waals surface area (Å²) < 4.78 is 0. The van der Waals surface area contributed by atoms with Crippen molar-refractivity contribution in [3.05, 3.63) is 34.9 Å². The van der Waals surface area contributed by atoms with Crippen molar-refractivity contribution in [1.29, 1.82) is 5.26 Å². The van der Waals surface area contributed by atoms with Crippen molar-refractivity contribution < 1.29 is 4.79 Å². The third-order valence-electron chi connectivity index (χ3n) is 5.09. The Kier molecular flexibility index (Phi) is 7.24. The lowest BCUT2D eigenvalue weighted by molar-refractivity contribution is -0.135.